The van der Waals surface area contributed by atoms with Crippen LogP contribution in [-0.4, -0.2) is 36.6 Å². The van der Waals surface area contributed by atoms with E-state index in [0.29, 0.717) is 12.4 Å². The Hall–Kier alpha value is -2.35. The van der Waals surface area contributed by atoms with Crippen LogP contribution in [0.25, 0.3) is 11.0 Å². The number of hydrogen-bond donors (Lipinski definition) is 1. The minimum atomic E-state index is -0.920. The molecule has 7 nitrogen and oxygen atoms in total. The summed E-state index contributed by atoms with van der Waals surface area (Å²) in [4.78, 5) is 15.0. The van der Waals surface area contributed by atoms with Gasteiger partial charge in [-0.25, -0.2) is 4.98 Å². The Morgan fingerprint density at radius 2 is 2.19 bits per heavy atom. The molecule has 0 radical (unpaired) electrons. The molecule has 0 amide bonds. The van der Waals surface area contributed by atoms with Crippen molar-refractivity contribution < 1.29 is 14.3 Å². The predicted octanol–water partition coefficient (Wildman–Crippen LogP) is 1.95. The van der Waals surface area contributed by atoms with Crippen molar-refractivity contribution in [3.63, 3.8) is 0 Å². The third kappa shape index (κ3) is 2.89. The van der Waals surface area contributed by atoms with Crippen LogP contribution in [0, 0.1) is 6.92 Å². The van der Waals surface area contributed by atoms with Crippen LogP contribution >= 0.6 is 11.8 Å². The maximum atomic E-state index is 10.5. The van der Waals surface area contributed by atoms with Crippen molar-refractivity contribution in [3.05, 3.63) is 36.0 Å². The highest BCUT2D eigenvalue weighted by Gasteiger charge is 2.12. The molecule has 0 atom stereocenters. The first-order valence-electron chi connectivity index (χ1n) is 6.22. The summed E-state index contributed by atoms with van der Waals surface area (Å²) in [6.45, 7) is 2.32. The number of thioether (sulfide) groups is 1. The molecule has 21 heavy (non-hydrogen) atoms. The van der Waals surface area contributed by atoms with Gasteiger partial charge in [0.05, 0.1) is 11.0 Å². The molecule has 0 aliphatic heterocycles. The van der Waals surface area contributed by atoms with Crippen molar-refractivity contribution in [2.45, 2.75) is 18.7 Å². The van der Waals surface area contributed by atoms with Gasteiger partial charge in [0, 0.05) is 0 Å². The molecule has 2 aromatic heterocycles. The minimum Gasteiger partial charge on any atom is -0.481 e. The summed E-state index contributed by atoms with van der Waals surface area (Å²) in [6.07, 6.45) is 0. The first-order chi connectivity index (χ1) is 10.1. The van der Waals surface area contributed by atoms with Crippen LogP contribution in [-0.2, 0) is 11.3 Å². The van der Waals surface area contributed by atoms with Gasteiger partial charge in [0.1, 0.15) is 18.1 Å². The molecular weight excluding hydrogens is 292 g/mol. The molecule has 0 unspecified atom stereocenters. The Morgan fingerprint density at radius 3 is 3.00 bits per heavy atom. The summed E-state index contributed by atoms with van der Waals surface area (Å²) in [5, 5.41) is 16.6. The summed E-state index contributed by atoms with van der Waals surface area (Å²) in [6, 6.07) is 7.81. The van der Waals surface area contributed by atoms with Crippen molar-refractivity contribution in [2.24, 2.45) is 0 Å². The number of carbonyl (C=O) groups is 1. The zero-order valence-electron chi connectivity index (χ0n) is 11.2. The molecule has 0 fully saturated rings. The van der Waals surface area contributed by atoms with Crippen LogP contribution in [0.15, 0.2) is 33.9 Å². The smallest absolute Gasteiger partial charge is 0.314 e. The second-order valence-electron chi connectivity index (χ2n) is 4.38. The molecule has 0 saturated carbocycles. The number of aromatic nitrogens is 4. The normalized spacial score (nSPS) is 11.1. The zero-order chi connectivity index (χ0) is 14.8. The van der Waals surface area contributed by atoms with Crippen LogP contribution in [0.5, 0.6) is 0 Å². The van der Waals surface area contributed by atoms with E-state index in [1.54, 1.807) is 0 Å². The highest BCUT2D eigenvalue weighted by molar-refractivity contribution is 7.99. The summed E-state index contributed by atoms with van der Waals surface area (Å²) in [5.41, 5.74) is 1.91. The second-order valence-corrected chi connectivity index (χ2v) is 5.30. The van der Waals surface area contributed by atoms with Gasteiger partial charge in [0.2, 0.25) is 5.89 Å². The molecule has 0 aliphatic rings. The van der Waals surface area contributed by atoms with Crippen molar-refractivity contribution >= 4 is 28.8 Å². The lowest BCUT2D eigenvalue weighted by Gasteiger charge is -2.02. The molecule has 108 valence electrons. The van der Waals surface area contributed by atoms with Crippen LogP contribution < -0.4 is 0 Å². The van der Waals surface area contributed by atoms with Crippen LogP contribution in [0.4, 0.5) is 0 Å². The molecule has 0 spiro atoms. The molecule has 0 bridgehead atoms. The quantitative estimate of drug-likeness (QED) is 0.720. The molecule has 3 aromatic rings. The number of aliphatic carboxylic acids is 1. The van der Waals surface area contributed by atoms with Gasteiger partial charge in [-0.05, 0) is 19.1 Å². The van der Waals surface area contributed by atoms with Crippen molar-refractivity contribution in [1.29, 1.82) is 0 Å². The van der Waals surface area contributed by atoms with Gasteiger partial charge in [0.15, 0.2) is 0 Å². The molecular formula is C13H12N4O3S. The molecule has 8 heteroatoms. The summed E-state index contributed by atoms with van der Waals surface area (Å²) in [7, 11) is 0. The van der Waals surface area contributed by atoms with E-state index in [2.05, 4.69) is 15.2 Å². The van der Waals surface area contributed by atoms with Gasteiger partial charge in [-0.3, -0.25) is 4.79 Å². The average molecular weight is 304 g/mol. The Balaban J connectivity index is 1.82. The number of carboxylic acids is 1. The fourth-order valence-corrected chi connectivity index (χ4v) is 2.52. The standard InChI is InChI=1S/C13H12N4O3S/c1-8-14-9-4-2-3-5-10(9)17(8)6-11-15-16-13(20-11)21-7-12(18)19/h2-5H,6-7H2,1H3,(H,18,19). The third-order valence-electron chi connectivity index (χ3n) is 2.91. The van der Waals surface area contributed by atoms with Gasteiger partial charge in [-0.1, -0.05) is 23.9 Å². The Bertz CT molecular complexity index is 796. The maximum Gasteiger partial charge on any atom is 0.314 e. The fourth-order valence-electron chi connectivity index (χ4n) is 2.01. The summed E-state index contributed by atoms with van der Waals surface area (Å²) in [5.74, 6) is 0.258. The van der Waals surface area contributed by atoms with Crippen LogP contribution in [0.2, 0.25) is 0 Å². The van der Waals surface area contributed by atoms with Gasteiger partial charge in [-0.15, -0.1) is 10.2 Å². The maximum absolute atomic E-state index is 10.5. The monoisotopic (exact) mass is 304 g/mol. The average Bonchev–Trinajstić information content (AvgIpc) is 3.02. The highest BCUT2D eigenvalue weighted by atomic mass is 32.2. The molecule has 0 aliphatic carbocycles. The van der Waals surface area contributed by atoms with E-state index in [1.165, 1.54) is 0 Å². The molecule has 3 rings (SSSR count). The van der Waals surface area contributed by atoms with E-state index in [1.807, 2.05) is 35.8 Å². The first-order valence-corrected chi connectivity index (χ1v) is 7.21. The number of fused-ring (bicyclic) bond motifs is 1. The number of benzene rings is 1. The molecule has 1 aromatic carbocycles. The van der Waals surface area contributed by atoms with Gasteiger partial charge < -0.3 is 14.1 Å². The van der Waals surface area contributed by atoms with Gasteiger partial charge in [0.25, 0.3) is 5.22 Å². The molecule has 2 heterocycles. The molecule has 1 N–H and O–H groups in total. The third-order valence-corrected chi connectivity index (χ3v) is 3.71. The number of rotatable bonds is 5. The number of nitrogens with zero attached hydrogens (tertiary/aromatic N) is 4. The number of aryl methyl sites for hydroxylation is 1. The minimum absolute atomic E-state index is 0.103. The van der Waals surface area contributed by atoms with E-state index in [-0.39, 0.29) is 11.0 Å². The highest BCUT2D eigenvalue weighted by Crippen LogP contribution is 2.19. The Morgan fingerprint density at radius 1 is 1.38 bits per heavy atom. The largest absolute Gasteiger partial charge is 0.481 e. The number of hydrogen-bond acceptors (Lipinski definition) is 6. The molecule has 0 saturated heterocycles. The van der Waals surface area contributed by atoms with E-state index in [4.69, 9.17) is 9.52 Å². The lowest BCUT2D eigenvalue weighted by atomic mass is 10.3. The zero-order valence-corrected chi connectivity index (χ0v) is 12.0. The van der Waals surface area contributed by atoms with Crippen molar-refractivity contribution in [3.8, 4) is 0 Å². The Kier molecular flexibility index (Phi) is 3.61. The van der Waals surface area contributed by atoms with Crippen molar-refractivity contribution in [1.82, 2.24) is 19.7 Å². The number of imidazole rings is 1. The van der Waals surface area contributed by atoms with Crippen LogP contribution in [0.3, 0.4) is 0 Å². The SMILES string of the molecule is Cc1nc2ccccc2n1Cc1nnc(SCC(=O)O)o1. The van der Waals surface area contributed by atoms with Gasteiger partial charge >= 0.3 is 5.97 Å². The lowest BCUT2D eigenvalue weighted by Crippen LogP contribution is -2.02. The summed E-state index contributed by atoms with van der Waals surface area (Å²) >= 11 is 1.01. The van der Waals surface area contributed by atoms with E-state index in [9.17, 15) is 4.79 Å². The topological polar surface area (TPSA) is 94.0 Å². The lowest BCUT2D eigenvalue weighted by molar-refractivity contribution is -0.133. The van der Waals surface area contributed by atoms with E-state index < -0.39 is 5.97 Å². The predicted molar refractivity (Wildman–Crippen MR) is 76.2 cm³/mol. The summed E-state index contributed by atoms with van der Waals surface area (Å²) < 4.78 is 7.42. The second kappa shape index (κ2) is 5.57. The van der Waals surface area contributed by atoms with Crippen molar-refractivity contribution in [2.75, 3.05) is 5.75 Å². The number of carboxylic acid groups (broad SMARTS) is 1. The number of para-hydroxylation sites is 2. The fraction of sp³-hybridized carbons (Fsp3) is 0.231. The van der Waals surface area contributed by atoms with Gasteiger partial charge in [-0.2, -0.15) is 0 Å². The first kappa shape index (κ1) is 13.6. The van der Waals surface area contributed by atoms with Crippen LogP contribution in [0.1, 0.15) is 11.7 Å². The van der Waals surface area contributed by atoms with E-state index in [0.717, 1.165) is 28.6 Å². The Labute approximate surface area is 124 Å². The van der Waals surface area contributed by atoms with E-state index >= 15 is 0 Å².